The summed E-state index contributed by atoms with van der Waals surface area (Å²) >= 11 is 0. The SMILES string of the molecule is O=C(O)CCOCCOCCOCCOCCOCCOCCOCCOCCOCCOCCOCCOCCN1C(=O)C=CC1=O. The van der Waals surface area contributed by atoms with Crippen LogP contribution in [0.25, 0.3) is 0 Å². The molecule has 0 radical (unpaired) electrons. The van der Waals surface area contributed by atoms with E-state index in [9.17, 15) is 14.4 Å². The molecule has 0 aromatic rings. The summed E-state index contributed by atoms with van der Waals surface area (Å²) in [6.45, 7) is 10.6. The number of carbonyl (C=O) groups is 3. The van der Waals surface area contributed by atoms with E-state index < -0.39 is 5.97 Å². The topological polar surface area (TPSA) is 185 Å². The van der Waals surface area contributed by atoms with Gasteiger partial charge in [-0.3, -0.25) is 19.3 Å². The number of carboxylic acids is 1. The van der Waals surface area contributed by atoms with Crippen LogP contribution < -0.4 is 0 Å². The Kier molecular flexibility index (Phi) is 31.8. The highest BCUT2D eigenvalue weighted by molar-refractivity contribution is 6.12. The van der Waals surface area contributed by atoms with Crippen LogP contribution in [0, 0.1) is 0 Å². The van der Waals surface area contributed by atoms with Gasteiger partial charge in [-0.1, -0.05) is 0 Å². The summed E-state index contributed by atoms with van der Waals surface area (Å²) in [4.78, 5) is 34.3. The van der Waals surface area contributed by atoms with Crippen molar-refractivity contribution in [3.8, 4) is 0 Å². The summed E-state index contributed by atoms with van der Waals surface area (Å²) in [6.07, 6.45) is 2.49. The number of hydrogen-bond donors (Lipinski definition) is 1. The number of nitrogens with zero attached hydrogens (tertiary/aromatic N) is 1. The summed E-state index contributed by atoms with van der Waals surface area (Å²) < 4.78 is 64.7. The summed E-state index contributed by atoms with van der Waals surface area (Å²) in [5.41, 5.74) is 0. The van der Waals surface area contributed by atoms with E-state index in [2.05, 4.69) is 0 Å². The molecule has 17 heteroatoms. The second kappa shape index (κ2) is 34.7. The van der Waals surface area contributed by atoms with Crippen LogP contribution in [0.15, 0.2) is 12.2 Å². The van der Waals surface area contributed by atoms with Gasteiger partial charge in [-0.2, -0.15) is 0 Å². The predicted molar refractivity (Wildman–Crippen MR) is 168 cm³/mol. The van der Waals surface area contributed by atoms with E-state index in [4.69, 9.17) is 61.9 Å². The van der Waals surface area contributed by atoms with Crippen LogP contribution >= 0.6 is 0 Å². The Morgan fingerprint density at radius 1 is 0.396 bits per heavy atom. The minimum atomic E-state index is -0.880. The molecule has 1 aliphatic rings. The number of rotatable bonds is 39. The molecular weight excluding hydrogens is 642 g/mol. The van der Waals surface area contributed by atoms with Gasteiger partial charge in [0.25, 0.3) is 11.8 Å². The van der Waals surface area contributed by atoms with Crippen molar-refractivity contribution in [1.29, 1.82) is 0 Å². The van der Waals surface area contributed by atoms with Gasteiger partial charge in [0.05, 0.1) is 172 Å². The number of carboxylic acid groups (broad SMARTS) is 1. The Morgan fingerprint density at radius 2 is 0.604 bits per heavy atom. The fraction of sp³-hybridized carbons (Fsp3) is 0.839. The first-order valence-corrected chi connectivity index (χ1v) is 16.3. The average molecular weight is 698 g/mol. The maximum Gasteiger partial charge on any atom is 0.305 e. The van der Waals surface area contributed by atoms with Gasteiger partial charge in [0.2, 0.25) is 0 Å². The van der Waals surface area contributed by atoms with Crippen molar-refractivity contribution in [2.45, 2.75) is 6.42 Å². The number of carbonyl (C=O) groups excluding carboxylic acids is 2. The minimum Gasteiger partial charge on any atom is -0.481 e. The summed E-state index contributed by atoms with van der Waals surface area (Å²) in [5.74, 6) is -1.50. The standard InChI is InChI=1S/C31H55NO16/c33-29-1-2-30(34)32(29)4-6-38-8-10-40-12-14-42-16-18-44-20-22-46-24-26-48-28-27-47-25-23-45-21-19-43-17-15-41-13-11-39-9-7-37-5-3-31(35)36/h1-2H,3-28H2,(H,35,36). The highest BCUT2D eigenvalue weighted by Gasteiger charge is 2.22. The molecule has 1 N–H and O–H groups in total. The van der Waals surface area contributed by atoms with Crippen molar-refractivity contribution in [1.82, 2.24) is 4.90 Å². The second-order valence-electron chi connectivity index (χ2n) is 9.65. The molecule has 0 unspecified atom stereocenters. The van der Waals surface area contributed by atoms with Crippen molar-refractivity contribution < 1.29 is 76.3 Å². The van der Waals surface area contributed by atoms with E-state index in [-0.39, 0.29) is 38.0 Å². The van der Waals surface area contributed by atoms with Gasteiger partial charge in [0, 0.05) is 12.2 Å². The van der Waals surface area contributed by atoms with E-state index >= 15 is 0 Å². The Balaban J connectivity index is 1.62. The van der Waals surface area contributed by atoms with Gasteiger partial charge in [-0.15, -0.1) is 0 Å². The van der Waals surface area contributed by atoms with Gasteiger partial charge in [0.15, 0.2) is 0 Å². The largest absolute Gasteiger partial charge is 0.481 e. The minimum absolute atomic E-state index is 0.00823. The lowest BCUT2D eigenvalue weighted by Gasteiger charge is -2.13. The van der Waals surface area contributed by atoms with Crippen LogP contribution in [0.2, 0.25) is 0 Å². The third-order valence-electron chi connectivity index (χ3n) is 5.91. The first kappa shape index (κ1) is 43.9. The molecule has 0 aromatic carbocycles. The third-order valence-corrected chi connectivity index (χ3v) is 5.91. The quantitative estimate of drug-likeness (QED) is 0.0645. The highest BCUT2D eigenvalue weighted by Crippen LogP contribution is 2.02. The normalized spacial score (nSPS) is 13.0. The fourth-order valence-corrected chi connectivity index (χ4v) is 3.49. The first-order chi connectivity index (χ1) is 23.6. The van der Waals surface area contributed by atoms with Crippen LogP contribution in [0.5, 0.6) is 0 Å². The molecule has 2 amide bonds. The zero-order valence-electron chi connectivity index (χ0n) is 28.1. The molecule has 0 aromatic heterocycles. The van der Waals surface area contributed by atoms with Crippen LogP contribution in [-0.4, -0.2) is 193 Å². The maximum atomic E-state index is 11.4. The molecule has 0 bridgehead atoms. The van der Waals surface area contributed by atoms with E-state index in [0.717, 1.165) is 4.90 Å². The van der Waals surface area contributed by atoms with Crippen LogP contribution in [0.3, 0.4) is 0 Å². The Hall–Kier alpha value is -2.13. The van der Waals surface area contributed by atoms with E-state index in [0.29, 0.717) is 145 Å². The fourth-order valence-electron chi connectivity index (χ4n) is 3.49. The maximum absolute atomic E-state index is 11.4. The molecule has 0 saturated heterocycles. The van der Waals surface area contributed by atoms with Crippen molar-refractivity contribution in [3.63, 3.8) is 0 Å². The second-order valence-corrected chi connectivity index (χ2v) is 9.65. The smallest absolute Gasteiger partial charge is 0.305 e. The van der Waals surface area contributed by atoms with Crippen molar-refractivity contribution >= 4 is 17.8 Å². The Labute approximate surface area is 282 Å². The summed E-state index contributed by atoms with van der Waals surface area (Å²) in [6, 6.07) is 0. The number of aliphatic carboxylic acids is 1. The van der Waals surface area contributed by atoms with Gasteiger partial charge in [-0.25, -0.2) is 0 Å². The summed E-state index contributed by atoms with van der Waals surface area (Å²) in [5, 5.41) is 8.48. The third kappa shape index (κ3) is 30.0. The molecular formula is C31H55NO16. The van der Waals surface area contributed by atoms with E-state index in [1.807, 2.05) is 0 Å². The van der Waals surface area contributed by atoms with Crippen molar-refractivity contribution in [3.05, 3.63) is 12.2 Å². The lowest BCUT2D eigenvalue weighted by atomic mass is 10.5. The first-order valence-electron chi connectivity index (χ1n) is 16.3. The zero-order valence-corrected chi connectivity index (χ0v) is 28.1. The predicted octanol–water partition coefficient (Wildman–Crippen LogP) is -0.415. The van der Waals surface area contributed by atoms with Gasteiger partial charge in [-0.05, 0) is 0 Å². The van der Waals surface area contributed by atoms with Gasteiger partial charge < -0.3 is 61.9 Å². The highest BCUT2D eigenvalue weighted by atomic mass is 16.6. The summed E-state index contributed by atoms with van der Waals surface area (Å²) in [7, 11) is 0. The van der Waals surface area contributed by atoms with Crippen molar-refractivity contribution in [2.24, 2.45) is 0 Å². The molecule has 1 aliphatic heterocycles. The average Bonchev–Trinajstić information content (AvgIpc) is 3.40. The molecule has 1 heterocycles. The van der Waals surface area contributed by atoms with Crippen molar-refractivity contribution in [2.75, 3.05) is 165 Å². The number of imide groups is 1. The molecule has 280 valence electrons. The van der Waals surface area contributed by atoms with Crippen LogP contribution in [-0.2, 0) is 71.2 Å². The Morgan fingerprint density at radius 3 is 0.833 bits per heavy atom. The van der Waals surface area contributed by atoms with E-state index in [1.54, 1.807) is 0 Å². The van der Waals surface area contributed by atoms with Crippen LogP contribution in [0.4, 0.5) is 0 Å². The molecule has 0 atom stereocenters. The number of amides is 2. The lowest BCUT2D eigenvalue weighted by molar-refractivity contribution is -0.139. The number of hydrogen-bond acceptors (Lipinski definition) is 15. The van der Waals surface area contributed by atoms with Crippen LogP contribution in [0.1, 0.15) is 6.42 Å². The molecule has 48 heavy (non-hydrogen) atoms. The molecule has 0 saturated carbocycles. The number of ether oxygens (including phenoxy) is 12. The van der Waals surface area contributed by atoms with Gasteiger partial charge >= 0.3 is 5.97 Å². The molecule has 0 aliphatic carbocycles. The molecule has 1 rings (SSSR count). The monoisotopic (exact) mass is 697 g/mol. The zero-order chi connectivity index (χ0) is 34.6. The Bertz CT molecular complexity index is 784. The van der Waals surface area contributed by atoms with E-state index in [1.165, 1.54) is 12.2 Å². The molecule has 17 nitrogen and oxygen atoms in total. The molecule has 0 spiro atoms. The molecule has 0 fully saturated rings. The van der Waals surface area contributed by atoms with Gasteiger partial charge in [0.1, 0.15) is 0 Å². The lowest BCUT2D eigenvalue weighted by Crippen LogP contribution is -2.33.